The molecule has 1 aromatic rings. The predicted molar refractivity (Wildman–Crippen MR) is 39.1 cm³/mol. The molecule has 72 valence electrons. The molecule has 0 saturated heterocycles. The average molecular weight is 232 g/mol. The molecule has 0 aliphatic heterocycles. The van der Waals surface area contributed by atoms with Crippen LogP contribution < -0.4 is 0 Å². The molecular weight excluding hydrogens is 231 g/mol. The van der Waals surface area contributed by atoms with Crippen molar-refractivity contribution in [2.75, 3.05) is 0 Å². The van der Waals surface area contributed by atoms with Gasteiger partial charge in [0, 0.05) is 0 Å². The van der Waals surface area contributed by atoms with Gasteiger partial charge in [-0.05, 0) is 0 Å². The zero-order valence-corrected chi connectivity index (χ0v) is 7.30. The lowest BCUT2D eigenvalue weighted by Crippen LogP contribution is -2.10. The highest BCUT2D eigenvalue weighted by molar-refractivity contribution is 7.16. The number of aromatic nitrogens is 1. The number of carbonyl (C=O) groups is 1. The number of carboxylic acid groups (broad SMARTS) is 1. The Morgan fingerprint density at radius 1 is 1.54 bits per heavy atom. The highest BCUT2D eigenvalue weighted by atomic mass is 35.5. The molecule has 8 heteroatoms. The summed E-state index contributed by atoms with van der Waals surface area (Å²) in [5.74, 6) is -1.74. The molecule has 3 nitrogen and oxygen atoms in total. The van der Waals surface area contributed by atoms with Crippen LogP contribution in [0.1, 0.15) is 15.4 Å². The van der Waals surface area contributed by atoms with Gasteiger partial charge in [-0.25, -0.2) is 9.78 Å². The molecule has 0 saturated carbocycles. The standard InChI is InChI=1S/C5HClF3NO2S/c6-4-10-1(3(11)12)2(13-4)5(7,8)9/h(H,11,12). The van der Waals surface area contributed by atoms with E-state index in [-0.39, 0.29) is 11.3 Å². The zero-order valence-electron chi connectivity index (χ0n) is 5.72. The van der Waals surface area contributed by atoms with Crippen molar-refractivity contribution in [3.63, 3.8) is 0 Å². The molecule has 0 bridgehead atoms. The smallest absolute Gasteiger partial charge is 0.428 e. The molecule has 0 aliphatic carbocycles. The second-order valence-corrected chi connectivity index (χ2v) is 3.53. The summed E-state index contributed by atoms with van der Waals surface area (Å²) in [4.78, 5) is 12.0. The number of alkyl halides is 3. The van der Waals surface area contributed by atoms with Gasteiger partial charge >= 0.3 is 12.1 Å². The van der Waals surface area contributed by atoms with Gasteiger partial charge in [0.2, 0.25) is 0 Å². The van der Waals surface area contributed by atoms with E-state index in [4.69, 9.17) is 16.7 Å². The third-order valence-electron chi connectivity index (χ3n) is 1.06. The minimum Gasteiger partial charge on any atom is -0.476 e. The SMILES string of the molecule is O=C(O)c1nc(Cl)sc1C(F)(F)F. The van der Waals surface area contributed by atoms with E-state index in [1.165, 1.54) is 0 Å². The van der Waals surface area contributed by atoms with Crippen molar-refractivity contribution >= 4 is 28.9 Å². The third kappa shape index (κ3) is 2.10. The van der Waals surface area contributed by atoms with Crippen LogP contribution in [0.2, 0.25) is 4.47 Å². The van der Waals surface area contributed by atoms with Crippen LogP contribution in [0.25, 0.3) is 0 Å². The lowest BCUT2D eigenvalue weighted by atomic mass is 10.3. The summed E-state index contributed by atoms with van der Waals surface area (Å²) >= 11 is 5.26. The molecule has 0 atom stereocenters. The second kappa shape index (κ2) is 3.15. The molecule has 0 fully saturated rings. The van der Waals surface area contributed by atoms with Gasteiger partial charge in [-0.1, -0.05) is 22.9 Å². The maximum atomic E-state index is 12.1. The highest BCUT2D eigenvalue weighted by Gasteiger charge is 2.39. The Morgan fingerprint density at radius 2 is 2.08 bits per heavy atom. The quantitative estimate of drug-likeness (QED) is 0.808. The number of nitrogens with zero attached hydrogens (tertiary/aromatic N) is 1. The number of carboxylic acids is 1. The maximum absolute atomic E-state index is 12.1. The lowest BCUT2D eigenvalue weighted by molar-refractivity contribution is -0.135. The molecule has 0 aliphatic rings. The molecule has 1 rings (SSSR count). The molecule has 0 spiro atoms. The fourth-order valence-electron chi connectivity index (χ4n) is 0.631. The van der Waals surface area contributed by atoms with Crippen molar-refractivity contribution in [1.82, 2.24) is 4.98 Å². The molecule has 0 amide bonds. The van der Waals surface area contributed by atoms with Crippen LogP contribution in [0.5, 0.6) is 0 Å². The van der Waals surface area contributed by atoms with Crippen LogP contribution in [0.3, 0.4) is 0 Å². The summed E-state index contributed by atoms with van der Waals surface area (Å²) in [5.41, 5.74) is -1.05. The fourth-order valence-corrected chi connectivity index (χ4v) is 1.60. The summed E-state index contributed by atoms with van der Waals surface area (Å²) in [6.07, 6.45) is -4.72. The van der Waals surface area contributed by atoms with Crippen molar-refractivity contribution in [1.29, 1.82) is 0 Å². The van der Waals surface area contributed by atoms with Gasteiger partial charge in [-0.15, -0.1) is 0 Å². The minimum absolute atomic E-state index is 0.0981. The van der Waals surface area contributed by atoms with E-state index in [0.29, 0.717) is 0 Å². The number of rotatable bonds is 1. The number of aromatic carboxylic acids is 1. The Balaban J connectivity index is 3.28. The summed E-state index contributed by atoms with van der Waals surface area (Å²) in [6.45, 7) is 0. The van der Waals surface area contributed by atoms with Crippen LogP contribution in [-0.4, -0.2) is 16.1 Å². The first-order valence-corrected chi connectivity index (χ1v) is 3.98. The molecule has 1 heterocycles. The average Bonchev–Trinajstić information content (AvgIpc) is 2.29. The van der Waals surface area contributed by atoms with E-state index >= 15 is 0 Å². The van der Waals surface area contributed by atoms with Crippen molar-refractivity contribution in [3.05, 3.63) is 15.0 Å². The normalized spacial score (nSPS) is 11.7. The van der Waals surface area contributed by atoms with Crippen LogP contribution in [0.4, 0.5) is 13.2 Å². The van der Waals surface area contributed by atoms with E-state index in [0.717, 1.165) is 0 Å². The van der Waals surface area contributed by atoms with Gasteiger partial charge < -0.3 is 5.11 Å². The molecule has 0 radical (unpaired) electrons. The molecule has 0 unspecified atom stereocenters. The molecule has 0 aromatic carbocycles. The Kier molecular flexibility index (Phi) is 2.49. The van der Waals surface area contributed by atoms with Gasteiger partial charge in [0.1, 0.15) is 4.88 Å². The Bertz CT molecular complexity index is 348. The maximum Gasteiger partial charge on any atom is 0.428 e. The molecular formula is C5HClF3NO2S. The Hall–Kier alpha value is -0.820. The number of halogens is 4. The zero-order chi connectivity index (χ0) is 10.2. The third-order valence-corrected chi connectivity index (χ3v) is 2.27. The van der Waals surface area contributed by atoms with Crippen LogP contribution in [-0.2, 0) is 6.18 Å². The van der Waals surface area contributed by atoms with Crippen molar-refractivity contribution < 1.29 is 23.1 Å². The molecule has 1 aromatic heterocycles. The van der Waals surface area contributed by atoms with E-state index < -0.39 is 27.2 Å². The van der Waals surface area contributed by atoms with Crippen molar-refractivity contribution in [2.24, 2.45) is 0 Å². The van der Waals surface area contributed by atoms with Crippen molar-refractivity contribution in [2.45, 2.75) is 6.18 Å². The van der Waals surface area contributed by atoms with Gasteiger partial charge in [-0.3, -0.25) is 0 Å². The number of hydrogen-bond donors (Lipinski definition) is 1. The Morgan fingerprint density at radius 3 is 2.38 bits per heavy atom. The van der Waals surface area contributed by atoms with E-state index in [1.807, 2.05) is 0 Å². The van der Waals surface area contributed by atoms with E-state index in [9.17, 15) is 18.0 Å². The summed E-state index contributed by atoms with van der Waals surface area (Å²) in [5, 5.41) is 8.33. The summed E-state index contributed by atoms with van der Waals surface area (Å²) < 4.78 is 35.8. The summed E-state index contributed by atoms with van der Waals surface area (Å²) in [7, 11) is 0. The fraction of sp³-hybridized carbons (Fsp3) is 0.200. The first-order valence-electron chi connectivity index (χ1n) is 2.79. The van der Waals surface area contributed by atoms with Gasteiger partial charge in [0.05, 0.1) is 0 Å². The van der Waals surface area contributed by atoms with Gasteiger partial charge in [0.25, 0.3) is 0 Å². The largest absolute Gasteiger partial charge is 0.476 e. The summed E-state index contributed by atoms with van der Waals surface area (Å²) in [6, 6.07) is 0. The predicted octanol–water partition coefficient (Wildman–Crippen LogP) is 2.51. The molecule has 1 N–H and O–H groups in total. The Labute approximate surface area is 78.8 Å². The second-order valence-electron chi connectivity index (χ2n) is 1.95. The first-order chi connectivity index (χ1) is 5.82. The number of thiazole rings is 1. The topological polar surface area (TPSA) is 50.2 Å². The van der Waals surface area contributed by atoms with Gasteiger partial charge in [-0.2, -0.15) is 13.2 Å². The van der Waals surface area contributed by atoms with Crippen LogP contribution in [0.15, 0.2) is 0 Å². The van der Waals surface area contributed by atoms with Crippen molar-refractivity contribution in [3.8, 4) is 0 Å². The van der Waals surface area contributed by atoms with Crippen LogP contribution in [0, 0.1) is 0 Å². The van der Waals surface area contributed by atoms with Crippen LogP contribution >= 0.6 is 22.9 Å². The van der Waals surface area contributed by atoms with E-state index in [2.05, 4.69) is 4.98 Å². The van der Waals surface area contributed by atoms with E-state index in [1.54, 1.807) is 0 Å². The lowest BCUT2D eigenvalue weighted by Gasteiger charge is -2.02. The minimum atomic E-state index is -4.72. The highest BCUT2D eigenvalue weighted by Crippen LogP contribution is 2.37. The monoisotopic (exact) mass is 231 g/mol. The van der Waals surface area contributed by atoms with Gasteiger partial charge in [0.15, 0.2) is 10.2 Å². The molecule has 13 heavy (non-hydrogen) atoms. The first kappa shape index (κ1) is 10.3. The number of hydrogen-bond acceptors (Lipinski definition) is 3.